The predicted octanol–water partition coefficient (Wildman–Crippen LogP) is -1.31. The third-order valence-corrected chi connectivity index (χ3v) is 3.00. The fourth-order valence-corrected chi connectivity index (χ4v) is 2.04. The van der Waals surface area contributed by atoms with Crippen molar-refractivity contribution in [3.63, 3.8) is 0 Å². The van der Waals surface area contributed by atoms with E-state index in [1.54, 1.807) is 0 Å². The summed E-state index contributed by atoms with van der Waals surface area (Å²) < 4.78 is 21.9. The lowest BCUT2D eigenvalue weighted by atomic mass is 10.3. The molecule has 0 aromatic carbocycles. The number of ether oxygens (including phenoxy) is 2. The number of hydrogen-bond donors (Lipinski definition) is 4. The second-order valence-corrected chi connectivity index (χ2v) is 5.79. The first kappa shape index (κ1) is 14.9. The van der Waals surface area contributed by atoms with Crippen molar-refractivity contribution in [3.05, 3.63) is 33.1 Å². The van der Waals surface area contributed by atoms with E-state index >= 15 is 0 Å². The topological polar surface area (TPSA) is 143 Å². The van der Waals surface area contributed by atoms with Crippen molar-refractivity contribution in [2.45, 2.75) is 25.4 Å². The van der Waals surface area contributed by atoms with Crippen LogP contribution in [0.3, 0.4) is 0 Å². The second kappa shape index (κ2) is 5.90. The Balaban J connectivity index is 1.88. The molecule has 0 amide bonds. The van der Waals surface area contributed by atoms with Gasteiger partial charge in [-0.15, -0.1) is 0 Å². The van der Waals surface area contributed by atoms with Gasteiger partial charge in [-0.25, -0.2) is 9.47 Å². The first-order valence-corrected chi connectivity index (χ1v) is 7.53. The summed E-state index contributed by atoms with van der Waals surface area (Å²) in [6.07, 6.45) is 0.142. The van der Waals surface area contributed by atoms with Gasteiger partial charge in [0.2, 0.25) is 0 Å². The summed E-state index contributed by atoms with van der Waals surface area (Å²) in [6, 6.07) is 1.17. The minimum Gasteiger partial charge on any atom is -0.340 e. The average molecular weight is 307 g/mol. The molecule has 2 atom stereocenters. The average Bonchev–Trinajstić information content (AvgIpc) is 2.77. The van der Waals surface area contributed by atoms with Gasteiger partial charge in [-0.3, -0.25) is 19.8 Å². The zero-order valence-electron chi connectivity index (χ0n) is 10.3. The van der Waals surface area contributed by atoms with Crippen molar-refractivity contribution in [2.24, 2.45) is 0 Å². The molecule has 2 heterocycles. The molecule has 2 unspecified atom stereocenters. The maximum Gasteiger partial charge on any atom is 0.351 e. The molecular weight excluding hydrogens is 293 g/mol. The number of hydrogen-bond acceptors (Lipinski definition) is 6. The van der Waals surface area contributed by atoms with Gasteiger partial charge in [0, 0.05) is 18.7 Å². The smallest absolute Gasteiger partial charge is 0.340 e. The Bertz CT molecular complexity index is 620. The Labute approximate surface area is 112 Å². The zero-order chi connectivity index (χ0) is 14.8. The minimum atomic E-state index is -4.24. The Morgan fingerprint density at radius 2 is 2.25 bits per heavy atom. The second-order valence-electron chi connectivity index (χ2n) is 4.20. The molecule has 0 radical (unpaired) electrons. The van der Waals surface area contributed by atoms with E-state index in [1.165, 1.54) is 12.3 Å². The Kier molecular flexibility index (Phi) is 4.41. The van der Waals surface area contributed by atoms with E-state index in [-0.39, 0.29) is 0 Å². The van der Waals surface area contributed by atoms with E-state index in [4.69, 9.17) is 19.3 Å². The molecule has 20 heavy (non-hydrogen) atoms. The predicted molar refractivity (Wildman–Crippen MR) is 66.6 cm³/mol. The molecule has 2 rings (SSSR count). The molecule has 112 valence electrons. The first-order valence-electron chi connectivity index (χ1n) is 5.74. The molecule has 4 N–H and O–H groups in total. The molecule has 0 bridgehead atoms. The normalized spacial score (nSPS) is 22.9. The fourth-order valence-electron chi connectivity index (χ4n) is 1.68. The Morgan fingerprint density at radius 3 is 2.90 bits per heavy atom. The maximum atomic E-state index is 11.4. The van der Waals surface area contributed by atoms with Crippen LogP contribution in [-0.2, 0) is 14.0 Å². The van der Waals surface area contributed by atoms with Crippen LogP contribution in [0, 0.1) is 0 Å². The highest BCUT2D eigenvalue weighted by Crippen LogP contribution is 2.35. The van der Waals surface area contributed by atoms with Gasteiger partial charge in [0.1, 0.15) is 6.23 Å². The molecule has 10 nitrogen and oxygen atoms in total. The van der Waals surface area contributed by atoms with Crippen LogP contribution < -0.4 is 16.7 Å². The van der Waals surface area contributed by atoms with Gasteiger partial charge >= 0.3 is 13.3 Å². The highest BCUT2D eigenvalue weighted by Gasteiger charge is 2.28. The van der Waals surface area contributed by atoms with E-state index in [0.717, 1.165) is 4.68 Å². The van der Waals surface area contributed by atoms with Gasteiger partial charge in [0.25, 0.3) is 5.56 Å². The molecule has 1 saturated heterocycles. The molecule has 1 fully saturated rings. The quantitative estimate of drug-likeness (QED) is 0.491. The Hall–Kier alpha value is -1.45. The number of nitrogens with zero attached hydrogens (tertiary/aromatic N) is 1. The van der Waals surface area contributed by atoms with E-state index < -0.39 is 37.7 Å². The standard InChI is InChI=1S/C9H14N3O7P/c13-6-3-4-12(9(14)10-6)11-7-1-2-8(19-7)18-5-20(15,16)17/h3-4,7-8,11H,1-2,5H2,(H,10,13,14)(H2,15,16,17). The molecule has 1 aliphatic heterocycles. The van der Waals surface area contributed by atoms with Crippen LogP contribution in [0.2, 0.25) is 0 Å². The van der Waals surface area contributed by atoms with Crippen LogP contribution in [0.1, 0.15) is 12.8 Å². The van der Waals surface area contributed by atoms with Crippen LogP contribution in [0.4, 0.5) is 0 Å². The van der Waals surface area contributed by atoms with Crippen molar-refractivity contribution in [3.8, 4) is 0 Å². The third kappa shape index (κ3) is 4.29. The number of H-pyrrole nitrogens is 1. The van der Waals surface area contributed by atoms with E-state index in [0.29, 0.717) is 12.8 Å². The molecular formula is C9H14N3O7P. The van der Waals surface area contributed by atoms with Crippen LogP contribution in [0.5, 0.6) is 0 Å². The van der Waals surface area contributed by atoms with Gasteiger partial charge < -0.3 is 19.3 Å². The van der Waals surface area contributed by atoms with Gasteiger partial charge in [0.05, 0.1) is 0 Å². The summed E-state index contributed by atoms with van der Waals surface area (Å²) in [5, 5.41) is 0. The summed E-state index contributed by atoms with van der Waals surface area (Å²) in [5.41, 5.74) is 1.55. The summed E-state index contributed by atoms with van der Waals surface area (Å²) in [5.74, 6) is 0. The minimum absolute atomic E-state index is 0.426. The molecule has 11 heteroatoms. The summed E-state index contributed by atoms with van der Waals surface area (Å²) >= 11 is 0. The molecule has 0 saturated carbocycles. The molecule has 1 aliphatic rings. The third-order valence-electron chi connectivity index (χ3n) is 2.52. The largest absolute Gasteiger partial charge is 0.351 e. The van der Waals surface area contributed by atoms with Crippen molar-refractivity contribution in [2.75, 3.05) is 11.8 Å². The summed E-state index contributed by atoms with van der Waals surface area (Å²) in [6.45, 7) is 0. The number of rotatable bonds is 5. The van der Waals surface area contributed by atoms with Crippen LogP contribution >= 0.6 is 7.60 Å². The zero-order valence-corrected chi connectivity index (χ0v) is 11.2. The van der Waals surface area contributed by atoms with Crippen molar-refractivity contribution in [1.29, 1.82) is 0 Å². The lowest BCUT2D eigenvalue weighted by Crippen LogP contribution is -2.39. The van der Waals surface area contributed by atoms with E-state index in [9.17, 15) is 14.2 Å². The van der Waals surface area contributed by atoms with Gasteiger partial charge in [0.15, 0.2) is 12.6 Å². The van der Waals surface area contributed by atoms with Crippen molar-refractivity contribution >= 4 is 7.60 Å². The van der Waals surface area contributed by atoms with Crippen molar-refractivity contribution in [1.82, 2.24) is 9.66 Å². The van der Waals surface area contributed by atoms with Crippen molar-refractivity contribution < 1.29 is 23.8 Å². The Morgan fingerprint density at radius 1 is 1.50 bits per heavy atom. The maximum absolute atomic E-state index is 11.4. The van der Waals surface area contributed by atoms with Crippen LogP contribution in [0.25, 0.3) is 0 Å². The highest BCUT2D eigenvalue weighted by atomic mass is 31.2. The van der Waals surface area contributed by atoms with E-state index in [2.05, 4.69) is 10.4 Å². The monoisotopic (exact) mass is 307 g/mol. The van der Waals surface area contributed by atoms with Crippen LogP contribution in [-0.4, -0.2) is 38.3 Å². The van der Waals surface area contributed by atoms with Gasteiger partial charge in [-0.2, -0.15) is 0 Å². The van der Waals surface area contributed by atoms with Gasteiger partial charge in [-0.1, -0.05) is 0 Å². The molecule has 1 aromatic heterocycles. The number of aromatic amines is 1. The lowest BCUT2D eigenvalue weighted by Gasteiger charge is -2.17. The van der Waals surface area contributed by atoms with Crippen LogP contribution in [0.15, 0.2) is 21.9 Å². The summed E-state index contributed by atoms with van der Waals surface area (Å²) in [7, 11) is -4.24. The molecule has 0 aliphatic carbocycles. The fraction of sp³-hybridized carbons (Fsp3) is 0.556. The highest BCUT2D eigenvalue weighted by molar-refractivity contribution is 7.51. The number of aromatic nitrogens is 2. The number of nitrogens with one attached hydrogen (secondary N) is 2. The van der Waals surface area contributed by atoms with E-state index in [1.807, 2.05) is 0 Å². The molecule has 1 aromatic rings. The SMILES string of the molecule is O=c1ccn(NC2CCC(OCP(=O)(O)O)O2)c(=O)[nH]1. The molecule has 0 spiro atoms. The first-order chi connectivity index (χ1) is 9.33. The lowest BCUT2D eigenvalue weighted by molar-refractivity contribution is -0.119. The van der Waals surface area contributed by atoms with Gasteiger partial charge in [-0.05, 0) is 6.42 Å². The summed E-state index contributed by atoms with van der Waals surface area (Å²) in [4.78, 5) is 41.7.